The molecule has 1 aromatic rings. The van der Waals surface area contributed by atoms with Crippen molar-refractivity contribution in [2.45, 2.75) is 26.7 Å². The van der Waals surface area contributed by atoms with Crippen LogP contribution in [-0.2, 0) is 0 Å². The minimum Gasteiger partial charge on any atom is -0.476 e. The van der Waals surface area contributed by atoms with E-state index >= 15 is 0 Å². The van der Waals surface area contributed by atoms with E-state index in [0.29, 0.717) is 17.5 Å². The van der Waals surface area contributed by atoms with Gasteiger partial charge < -0.3 is 20.7 Å². The minimum absolute atomic E-state index is 0.560. The molecule has 20 heavy (non-hydrogen) atoms. The van der Waals surface area contributed by atoms with E-state index in [9.17, 15) is 0 Å². The molecule has 0 unspecified atom stereocenters. The average molecular weight is 278 g/mol. The van der Waals surface area contributed by atoms with Crippen molar-refractivity contribution in [2.75, 3.05) is 43.8 Å². The number of aromatic nitrogens is 1. The summed E-state index contributed by atoms with van der Waals surface area (Å²) in [5, 5.41) is 3.33. The second-order valence-electron chi connectivity index (χ2n) is 5.30. The number of hydrogen-bond donors (Lipinski definition) is 2. The first-order valence-corrected chi connectivity index (χ1v) is 7.58. The summed E-state index contributed by atoms with van der Waals surface area (Å²) >= 11 is 0. The molecule has 1 fully saturated rings. The molecule has 0 radical (unpaired) electrons. The average Bonchev–Trinajstić information content (AvgIpc) is 3.28. The summed E-state index contributed by atoms with van der Waals surface area (Å²) in [7, 11) is 0. The maximum Gasteiger partial charge on any atom is 0.239 e. The van der Waals surface area contributed by atoms with E-state index in [1.165, 1.54) is 12.8 Å². The number of rotatable bonds is 9. The normalized spacial score (nSPS) is 14.6. The zero-order valence-corrected chi connectivity index (χ0v) is 12.6. The molecule has 0 atom stereocenters. The second kappa shape index (κ2) is 7.33. The molecule has 0 bridgehead atoms. The van der Waals surface area contributed by atoms with E-state index in [1.807, 2.05) is 12.1 Å². The standard InChI is InChI=1S/C15H26N4O/c1-3-19(4-2)10-9-17-14-8-7-13(16)15(18-14)20-11-12-5-6-12/h7-8,12H,3-6,9-11,16H2,1-2H3,(H,17,18). The van der Waals surface area contributed by atoms with Gasteiger partial charge in [-0.25, -0.2) is 0 Å². The lowest BCUT2D eigenvalue weighted by Gasteiger charge is -2.18. The fraction of sp³-hybridized carbons (Fsp3) is 0.667. The SMILES string of the molecule is CCN(CC)CCNc1ccc(N)c(OCC2CC2)n1. The van der Waals surface area contributed by atoms with Gasteiger partial charge in [0.1, 0.15) is 5.82 Å². The molecule has 5 nitrogen and oxygen atoms in total. The van der Waals surface area contributed by atoms with E-state index in [-0.39, 0.29) is 0 Å². The van der Waals surface area contributed by atoms with Crippen LogP contribution in [0.3, 0.4) is 0 Å². The van der Waals surface area contributed by atoms with Crippen LogP contribution in [0, 0.1) is 5.92 Å². The molecule has 0 saturated heterocycles. The molecule has 112 valence electrons. The summed E-state index contributed by atoms with van der Waals surface area (Å²) < 4.78 is 5.68. The van der Waals surface area contributed by atoms with Gasteiger partial charge in [-0.2, -0.15) is 4.98 Å². The van der Waals surface area contributed by atoms with Gasteiger partial charge in [0.15, 0.2) is 0 Å². The van der Waals surface area contributed by atoms with Crippen LogP contribution in [0.25, 0.3) is 0 Å². The van der Waals surface area contributed by atoms with Crippen LogP contribution in [0.15, 0.2) is 12.1 Å². The summed E-state index contributed by atoms with van der Waals surface area (Å²) in [4.78, 5) is 6.81. The molecule has 1 heterocycles. The Morgan fingerprint density at radius 2 is 2.10 bits per heavy atom. The predicted octanol–water partition coefficient (Wildman–Crippen LogP) is 2.21. The summed E-state index contributed by atoms with van der Waals surface area (Å²) in [6, 6.07) is 3.76. The number of nitrogens with one attached hydrogen (secondary N) is 1. The molecule has 0 aliphatic heterocycles. The summed E-state index contributed by atoms with van der Waals surface area (Å²) in [6.45, 7) is 9.12. The molecule has 0 aromatic carbocycles. The third-order valence-corrected chi connectivity index (χ3v) is 3.67. The van der Waals surface area contributed by atoms with Gasteiger partial charge in [0.2, 0.25) is 5.88 Å². The number of nitrogens with zero attached hydrogens (tertiary/aromatic N) is 2. The van der Waals surface area contributed by atoms with Gasteiger partial charge in [0.05, 0.1) is 12.3 Å². The van der Waals surface area contributed by atoms with Crippen LogP contribution in [0.4, 0.5) is 11.5 Å². The van der Waals surface area contributed by atoms with E-state index in [2.05, 4.69) is 29.0 Å². The fourth-order valence-corrected chi connectivity index (χ4v) is 2.03. The van der Waals surface area contributed by atoms with Gasteiger partial charge in [-0.15, -0.1) is 0 Å². The maximum atomic E-state index is 5.89. The Kier molecular flexibility index (Phi) is 5.47. The van der Waals surface area contributed by atoms with Crippen molar-refractivity contribution in [1.29, 1.82) is 0 Å². The number of nitrogen functional groups attached to an aromatic ring is 1. The Morgan fingerprint density at radius 3 is 2.75 bits per heavy atom. The Labute approximate surface area is 121 Å². The number of ether oxygens (including phenoxy) is 1. The topological polar surface area (TPSA) is 63.4 Å². The number of anilines is 2. The molecule has 5 heteroatoms. The first-order chi connectivity index (χ1) is 9.72. The third kappa shape index (κ3) is 4.56. The zero-order chi connectivity index (χ0) is 14.4. The molecule has 1 aliphatic rings. The van der Waals surface area contributed by atoms with Gasteiger partial charge in [0.25, 0.3) is 0 Å². The van der Waals surface area contributed by atoms with Crippen molar-refractivity contribution in [1.82, 2.24) is 9.88 Å². The summed E-state index contributed by atoms with van der Waals surface area (Å²) in [5.41, 5.74) is 6.50. The van der Waals surface area contributed by atoms with Crippen molar-refractivity contribution in [2.24, 2.45) is 5.92 Å². The van der Waals surface area contributed by atoms with E-state index in [4.69, 9.17) is 10.5 Å². The summed E-state index contributed by atoms with van der Waals surface area (Å²) in [5.74, 6) is 2.09. The molecule has 1 saturated carbocycles. The third-order valence-electron chi connectivity index (χ3n) is 3.67. The highest BCUT2D eigenvalue weighted by Gasteiger charge is 2.22. The van der Waals surface area contributed by atoms with Crippen LogP contribution >= 0.6 is 0 Å². The lowest BCUT2D eigenvalue weighted by Crippen LogP contribution is -2.28. The number of pyridine rings is 1. The van der Waals surface area contributed by atoms with E-state index in [1.54, 1.807) is 0 Å². The van der Waals surface area contributed by atoms with Crippen molar-refractivity contribution >= 4 is 11.5 Å². The number of likely N-dealkylation sites (N-methyl/N-ethyl adjacent to an activating group) is 1. The van der Waals surface area contributed by atoms with E-state index in [0.717, 1.165) is 38.6 Å². The molecule has 1 aromatic heterocycles. The smallest absolute Gasteiger partial charge is 0.239 e. The van der Waals surface area contributed by atoms with Gasteiger partial charge in [-0.1, -0.05) is 13.8 Å². The molecule has 1 aliphatic carbocycles. The summed E-state index contributed by atoms with van der Waals surface area (Å²) in [6.07, 6.45) is 2.53. The van der Waals surface area contributed by atoms with Crippen molar-refractivity contribution in [3.8, 4) is 5.88 Å². The Morgan fingerprint density at radius 1 is 1.35 bits per heavy atom. The van der Waals surface area contributed by atoms with Crippen LogP contribution in [0.1, 0.15) is 26.7 Å². The second-order valence-corrected chi connectivity index (χ2v) is 5.30. The monoisotopic (exact) mass is 278 g/mol. The highest BCUT2D eigenvalue weighted by atomic mass is 16.5. The lowest BCUT2D eigenvalue weighted by molar-refractivity contribution is 0.290. The van der Waals surface area contributed by atoms with Crippen LogP contribution in [-0.4, -0.2) is 42.7 Å². The first kappa shape index (κ1) is 14.9. The van der Waals surface area contributed by atoms with Crippen molar-refractivity contribution in [3.05, 3.63) is 12.1 Å². The van der Waals surface area contributed by atoms with Crippen molar-refractivity contribution < 1.29 is 4.74 Å². The lowest BCUT2D eigenvalue weighted by atomic mass is 10.4. The number of nitrogens with two attached hydrogens (primary N) is 1. The Balaban J connectivity index is 1.82. The Hall–Kier alpha value is -1.49. The quantitative estimate of drug-likeness (QED) is 0.725. The van der Waals surface area contributed by atoms with Gasteiger partial charge in [-0.3, -0.25) is 0 Å². The van der Waals surface area contributed by atoms with Crippen LogP contribution in [0.5, 0.6) is 5.88 Å². The van der Waals surface area contributed by atoms with E-state index < -0.39 is 0 Å². The minimum atomic E-state index is 0.560. The highest BCUT2D eigenvalue weighted by molar-refractivity contribution is 5.53. The maximum absolute atomic E-state index is 5.89. The molecule has 0 spiro atoms. The van der Waals surface area contributed by atoms with Gasteiger partial charge in [0, 0.05) is 13.1 Å². The van der Waals surface area contributed by atoms with Crippen molar-refractivity contribution in [3.63, 3.8) is 0 Å². The van der Waals surface area contributed by atoms with Crippen LogP contribution < -0.4 is 15.8 Å². The molecule has 0 amide bonds. The van der Waals surface area contributed by atoms with Gasteiger partial charge >= 0.3 is 0 Å². The molecular formula is C15H26N4O. The Bertz CT molecular complexity index is 416. The first-order valence-electron chi connectivity index (χ1n) is 7.58. The molecule has 3 N–H and O–H groups in total. The van der Waals surface area contributed by atoms with Gasteiger partial charge in [-0.05, 0) is 44.0 Å². The predicted molar refractivity (Wildman–Crippen MR) is 83.1 cm³/mol. The highest BCUT2D eigenvalue weighted by Crippen LogP contribution is 2.30. The number of hydrogen-bond acceptors (Lipinski definition) is 5. The molecular weight excluding hydrogens is 252 g/mol. The van der Waals surface area contributed by atoms with Crippen LogP contribution in [0.2, 0.25) is 0 Å². The zero-order valence-electron chi connectivity index (χ0n) is 12.6. The molecule has 2 rings (SSSR count). The fourth-order valence-electron chi connectivity index (χ4n) is 2.03. The largest absolute Gasteiger partial charge is 0.476 e.